The zero-order valence-electron chi connectivity index (χ0n) is 21.4. The van der Waals surface area contributed by atoms with Gasteiger partial charge >= 0.3 is 0 Å². The molecule has 0 saturated carbocycles. The number of hydrogen-bond donors (Lipinski definition) is 4. The van der Waals surface area contributed by atoms with Gasteiger partial charge in [0.2, 0.25) is 0 Å². The van der Waals surface area contributed by atoms with E-state index in [4.69, 9.17) is 14.2 Å². The maximum Gasteiger partial charge on any atom is 0.167 e. The van der Waals surface area contributed by atoms with Crippen LogP contribution in [0.15, 0.2) is 55.1 Å². The van der Waals surface area contributed by atoms with E-state index in [0.717, 1.165) is 34.7 Å². The summed E-state index contributed by atoms with van der Waals surface area (Å²) in [5.74, 6) is 1.95. The van der Waals surface area contributed by atoms with Crippen molar-refractivity contribution in [2.75, 3.05) is 26.1 Å². The Morgan fingerprint density at radius 2 is 1.76 bits per heavy atom. The van der Waals surface area contributed by atoms with E-state index in [2.05, 4.69) is 33.3 Å². The van der Waals surface area contributed by atoms with Crippen molar-refractivity contribution in [1.82, 2.24) is 19.5 Å². The summed E-state index contributed by atoms with van der Waals surface area (Å²) in [6.07, 6.45) is -0.620. The van der Waals surface area contributed by atoms with Crippen molar-refractivity contribution >= 4 is 22.7 Å². The van der Waals surface area contributed by atoms with Gasteiger partial charge in [-0.25, -0.2) is 15.0 Å². The van der Waals surface area contributed by atoms with Crippen LogP contribution in [0.2, 0.25) is 0 Å². The first-order valence-electron chi connectivity index (χ1n) is 12.4. The molecule has 1 aliphatic rings. The van der Waals surface area contributed by atoms with Gasteiger partial charge in [-0.05, 0) is 35.7 Å². The van der Waals surface area contributed by atoms with Gasteiger partial charge < -0.3 is 34.8 Å². The fraction of sp³-hybridized carbons (Fsp3) is 0.370. The van der Waals surface area contributed by atoms with Gasteiger partial charge in [-0.1, -0.05) is 25.1 Å². The number of aromatic nitrogens is 4. The number of rotatable bonds is 9. The summed E-state index contributed by atoms with van der Waals surface area (Å²) in [6, 6.07) is 13.9. The average Bonchev–Trinajstić information content (AvgIpc) is 3.50. The Bertz CT molecular complexity index is 1390. The smallest absolute Gasteiger partial charge is 0.167 e. The second-order valence-corrected chi connectivity index (χ2v) is 9.09. The maximum absolute atomic E-state index is 10.5. The lowest BCUT2D eigenvalue weighted by Gasteiger charge is -2.21. The Labute approximate surface area is 219 Å². The van der Waals surface area contributed by atoms with Crippen molar-refractivity contribution in [3.05, 3.63) is 66.2 Å². The average molecular weight is 522 g/mol. The summed E-state index contributed by atoms with van der Waals surface area (Å²) in [5, 5.41) is 33.5. The molecule has 2 aromatic heterocycles. The number of imidazole rings is 1. The van der Waals surface area contributed by atoms with Gasteiger partial charge in [0, 0.05) is 17.7 Å². The van der Waals surface area contributed by atoms with E-state index in [9.17, 15) is 15.3 Å². The highest BCUT2D eigenvalue weighted by Gasteiger charge is 2.44. The summed E-state index contributed by atoms with van der Waals surface area (Å²) in [5.41, 5.74) is 3.85. The topological polar surface area (TPSA) is 144 Å². The van der Waals surface area contributed by atoms with Crippen molar-refractivity contribution in [1.29, 1.82) is 0 Å². The summed E-state index contributed by atoms with van der Waals surface area (Å²) in [7, 11) is 3.27. The number of para-hydroxylation sites is 1. The molecule has 3 heterocycles. The number of aliphatic hydroxyl groups excluding tert-OH is 3. The number of nitrogens with one attached hydrogen (secondary N) is 1. The molecule has 5 rings (SSSR count). The molecular weight excluding hydrogens is 490 g/mol. The van der Waals surface area contributed by atoms with Crippen LogP contribution in [0.3, 0.4) is 0 Å². The molecule has 11 heteroatoms. The SMILES string of the molecule is CCC(c1cc(OC)cc(OC)c1)c1ccccc1Nc1ncnc2c1ncn2[C@@H]1O[C@H](CO)[C@@H](O)[C@H]1O. The first-order valence-corrected chi connectivity index (χ1v) is 12.4. The monoisotopic (exact) mass is 521 g/mol. The van der Waals surface area contributed by atoms with Crippen LogP contribution >= 0.6 is 0 Å². The largest absolute Gasteiger partial charge is 0.497 e. The fourth-order valence-corrected chi connectivity index (χ4v) is 4.95. The predicted molar refractivity (Wildman–Crippen MR) is 140 cm³/mol. The minimum atomic E-state index is -1.25. The Morgan fingerprint density at radius 3 is 2.42 bits per heavy atom. The number of aliphatic hydroxyl groups is 3. The van der Waals surface area contributed by atoms with E-state index < -0.39 is 31.1 Å². The quantitative estimate of drug-likeness (QED) is 0.259. The summed E-state index contributed by atoms with van der Waals surface area (Å²) >= 11 is 0. The van der Waals surface area contributed by atoms with Crippen molar-refractivity contribution in [3.8, 4) is 11.5 Å². The second kappa shape index (κ2) is 10.9. The third kappa shape index (κ3) is 4.65. The Morgan fingerprint density at radius 1 is 1.03 bits per heavy atom. The molecule has 0 aliphatic carbocycles. The van der Waals surface area contributed by atoms with Gasteiger partial charge in [-0.3, -0.25) is 4.57 Å². The maximum atomic E-state index is 10.5. The minimum Gasteiger partial charge on any atom is -0.497 e. The molecule has 38 heavy (non-hydrogen) atoms. The summed E-state index contributed by atoms with van der Waals surface area (Å²) in [6.45, 7) is 1.70. The lowest BCUT2D eigenvalue weighted by molar-refractivity contribution is -0.0511. The van der Waals surface area contributed by atoms with Crippen LogP contribution in [-0.2, 0) is 4.74 Å². The van der Waals surface area contributed by atoms with E-state index in [1.54, 1.807) is 14.2 Å². The third-order valence-electron chi connectivity index (χ3n) is 6.92. The van der Waals surface area contributed by atoms with Gasteiger partial charge in [0.05, 0.1) is 27.2 Å². The van der Waals surface area contributed by atoms with E-state index >= 15 is 0 Å². The summed E-state index contributed by atoms with van der Waals surface area (Å²) < 4.78 is 18.2. The Balaban J connectivity index is 1.50. The van der Waals surface area contributed by atoms with Crippen LogP contribution in [0, 0.1) is 0 Å². The van der Waals surface area contributed by atoms with Gasteiger partial charge in [0.25, 0.3) is 0 Å². The number of methoxy groups -OCH3 is 2. The lowest BCUT2D eigenvalue weighted by Crippen LogP contribution is -2.33. The van der Waals surface area contributed by atoms with Crippen LogP contribution < -0.4 is 14.8 Å². The molecule has 0 amide bonds. The Hall–Kier alpha value is -3.77. The molecule has 11 nitrogen and oxygen atoms in total. The number of nitrogens with zero attached hydrogens (tertiary/aromatic N) is 4. The van der Waals surface area contributed by atoms with Crippen LogP contribution in [0.1, 0.15) is 36.6 Å². The predicted octanol–water partition coefficient (Wildman–Crippen LogP) is 2.74. The molecule has 4 N–H and O–H groups in total. The third-order valence-corrected chi connectivity index (χ3v) is 6.92. The molecule has 1 saturated heterocycles. The zero-order chi connectivity index (χ0) is 26.8. The number of anilines is 2. The van der Waals surface area contributed by atoms with Crippen LogP contribution in [-0.4, -0.2) is 74.0 Å². The van der Waals surface area contributed by atoms with Gasteiger partial charge in [0.15, 0.2) is 23.2 Å². The lowest BCUT2D eigenvalue weighted by atomic mass is 9.87. The number of hydrogen-bond acceptors (Lipinski definition) is 10. The zero-order valence-corrected chi connectivity index (χ0v) is 21.4. The molecule has 1 fully saturated rings. The molecule has 1 aliphatic heterocycles. The minimum absolute atomic E-state index is 0.0384. The van der Waals surface area contributed by atoms with Gasteiger partial charge in [0.1, 0.15) is 36.1 Å². The first-order chi connectivity index (χ1) is 18.5. The van der Waals surface area contributed by atoms with Gasteiger partial charge in [-0.2, -0.15) is 0 Å². The van der Waals surface area contributed by atoms with Crippen molar-refractivity contribution in [2.45, 2.75) is 43.8 Å². The van der Waals surface area contributed by atoms with E-state index in [1.165, 1.54) is 17.2 Å². The van der Waals surface area contributed by atoms with Crippen molar-refractivity contribution < 1.29 is 29.5 Å². The standard InChI is InChI=1S/C27H31N5O6/c1-4-18(15-9-16(36-2)11-17(10-15)37-3)19-7-5-6-8-20(19)31-25-22-26(29-13-28-25)32(14-30-22)27-24(35)23(34)21(12-33)38-27/h5-11,13-14,18,21,23-24,27,33-35H,4,12H2,1-3H3,(H,28,29,31)/t18?,21-,23-,24-,27-/m1/s1. The molecule has 2 aromatic carbocycles. The highest BCUT2D eigenvalue weighted by Crippen LogP contribution is 2.38. The van der Waals surface area contributed by atoms with Crippen LogP contribution in [0.25, 0.3) is 11.2 Å². The molecule has 1 unspecified atom stereocenters. The number of ether oxygens (including phenoxy) is 3. The van der Waals surface area contributed by atoms with E-state index in [-0.39, 0.29) is 5.92 Å². The molecule has 0 bridgehead atoms. The van der Waals surface area contributed by atoms with E-state index in [0.29, 0.717) is 17.0 Å². The van der Waals surface area contributed by atoms with Crippen LogP contribution in [0.5, 0.6) is 11.5 Å². The fourth-order valence-electron chi connectivity index (χ4n) is 4.95. The normalized spacial score (nSPS) is 21.9. The van der Waals surface area contributed by atoms with Crippen molar-refractivity contribution in [2.24, 2.45) is 0 Å². The molecule has 200 valence electrons. The molecule has 4 aromatic rings. The highest BCUT2D eigenvalue weighted by molar-refractivity contribution is 5.85. The second-order valence-electron chi connectivity index (χ2n) is 9.09. The molecule has 0 spiro atoms. The molecular formula is C27H31N5O6. The molecule has 0 radical (unpaired) electrons. The first kappa shape index (κ1) is 25.9. The summed E-state index contributed by atoms with van der Waals surface area (Å²) in [4.78, 5) is 13.2. The van der Waals surface area contributed by atoms with E-state index in [1.807, 2.05) is 36.4 Å². The highest BCUT2D eigenvalue weighted by atomic mass is 16.6. The van der Waals surface area contributed by atoms with Crippen LogP contribution in [0.4, 0.5) is 11.5 Å². The van der Waals surface area contributed by atoms with Crippen molar-refractivity contribution in [3.63, 3.8) is 0 Å². The number of fused-ring (bicyclic) bond motifs is 1. The molecule has 5 atom stereocenters. The number of benzene rings is 2. The Kier molecular flexibility index (Phi) is 7.43. The van der Waals surface area contributed by atoms with Gasteiger partial charge in [-0.15, -0.1) is 0 Å².